The van der Waals surface area contributed by atoms with Gasteiger partial charge >= 0.3 is 19.1 Å². The number of esters is 2. The van der Waals surface area contributed by atoms with Crippen molar-refractivity contribution in [3.05, 3.63) is 88.8 Å². The summed E-state index contributed by atoms with van der Waals surface area (Å²) in [5.74, 6) is -0.631. The van der Waals surface area contributed by atoms with Crippen LogP contribution in [0.3, 0.4) is 0 Å². The predicted octanol–water partition coefficient (Wildman–Crippen LogP) is 3.87. The summed E-state index contributed by atoms with van der Waals surface area (Å²) in [4.78, 5) is 44.4. The minimum atomic E-state index is -1.57. The Bertz CT molecular complexity index is 1610. The Morgan fingerprint density at radius 1 is 0.761 bits per heavy atom. The van der Waals surface area contributed by atoms with Gasteiger partial charge in [0.05, 0.1) is 5.69 Å². The molecular formula is C32H38BBrN4O8. The van der Waals surface area contributed by atoms with E-state index in [1.165, 1.54) is 21.5 Å². The zero-order valence-corrected chi connectivity index (χ0v) is 28.2. The molecule has 14 heteroatoms. The zero-order chi connectivity index (χ0) is 34.5. The summed E-state index contributed by atoms with van der Waals surface area (Å²) < 4.78 is 14.1. The van der Waals surface area contributed by atoms with Crippen molar-refractivity contribution in [2.24, 2.45) is 0 Å². The van der Waals surface area contributed by atoms with Crippen molar-refractivity contribution >= 4 is 53.0 Å². The van der Waals surface area contributed by atoms with Crippen LogP contribution < -0.4 is 5.46 Å². The second-order valence-electron chi connectivity index (χ2n) is 11.7. The van der Waals surface area contributed by atoms with Gasteiger partial charge in [0, 0.05) is 29.1 Å². The van der Waals surface area contributed by atoms with Gasteiger partial charge in [0.15, 0.2) is 6.29 Å². The number of hydrogen-bond acceptors (Lipinski definition) is 10. The van der Waals surface area contributed by atoms with E-state index < -0.39 is 18.3 Å². The number of hydrogen-bond donors (Lipinski definition) is 2. The molecule has 0 radical (unpaired) electrons. The highest BCUT2D eigenvalue weighted by molar-refractivity contribution is 9.10. The van der Waals surface area contributed by atoms with E-state index in [9.17, 15) is 19.2 Å². The Labute approximate surface area is 276 Å². The van der Waals surface area contributed by atoms with E-state index in [0.29, 0.717) is 27.7 Å². The molecule has 4 aromatic rings. The highest BCUT2D eigenvalue weighted by Crippen LogP contribution is 2.20. The summed E-state index contributed by atoms with van der Waals surface area (Å²) in [7, 11) is -1.57. The minimum Gasteiger partial charge on any atom is -0.459 e. The first kappa shape index (κ1) is 37.8. The fourth-order valence-electron chi connectivity index (χ4n) is 3.72. The van der Waals surface area contributed by atoms with Crippen LogP contribution in [-0.2, 0) is 32.2 Å². The molecule has 2 aromatic carbocycles. The first-order valence-corrected chi connectivity index (χ1v) is 14.9. The lowest BCUT2D eigenvalue weighted by atomic mass is 9.77. The molecule has 2 aromatic heterocycles. The standard InChI is InChI=1S/C16H18N2O3.C9H13BrN2O2.C7H7BO3/c1-16(2,3)21-15(20)10-18-9-8-14(17-18)13-7-5-4-6-12(13)11-19;1-9(2,3)14-8(13)6-12-5-4-7(10)11-12;9-5-6-3-1-2-4-7(6)8(10)11/h4-9,11H,10H2,1-3H3;4-5H,6H2,1-3H3;1-5,10-11H. The second kappa shape index (κ2) is 17.3. The maximum atomic E-state index is 11.8. The van der Waals surface area contributed by atoms with Gasteiger partial charge in [-0.3, -0.25) is 28.5 Å². The largest absolute Gasteiger partial charge is 0.489 e. The van der Waals surface area contributed by atoms with Crippen LogP contribution in [-0.4, -0.2) is 72.4 Å². The molecule has 0 aliphatic rings. The van der Waals surface area contributed by atoms with E-state index in [0.717, 1.165) is 11.8 Å². The highest BCUT2D eigenvalue weighted by atomic mass is 79.9. The van der Waals surface area contributed by atoms with Gasteiger partial charge in [-0.1, -0.05) is 48.5 Å². The number of benzene rings is 2. The first-order valence-electron chi connectivity index (χ1n) is 14.1. The number of halogens is 1. The molecule has 0 saturated heterocycles. The third kappa shape index (κ3) is 13.7. The molecule has 0 atom stereocenters. The average molecular weight is 697 g/mol. The molecule has 0 fully saturated rings. The van der Waals surface area contributed by atoms with Crippen LogP contribution in [0, 0.1) is 0 Å². The van der Waals surface area contributed by atoms with Crippen LogP contribution >= 0.6 is 15.9 Å². The van der Waals surface area contributed by atoms with Crippen LogP contribution in [0.1, 0.15) is 62.3 Å². The number of nitrogens with zero attached hydrogens (tertiary/aromatic N) is 4. The van der Waals surface area contributed by atoms with Crippen LogP contribution in [0.4, 0.5) is 0 Å². The number of carbonyl (C=O) groups is 4. The first-order chi connectivity index (χ1) is 21.5. The van der Waals surface area contributed by atoms with E-state index in [4.69, 9.17) is 19.5 Å². The van der Waals surface area contributed by atoms with Crippen molar-refractivity contribution in [1.29, 1.82) is 0 Å². The third-order valence-electron chi connectivity index (χ3n) is 5.44. The van der Waals surface area contributed by atoms with Gasteiger partial charge in [0.2, 0.25) is 0 Å². The summed E-state index contributed by atoms with van der Waals surface area (Å²) in [6.07, 6.45) is 4.80. The number of rotatable bonds is 8. The van der Waals surface area contributed by atoms with E-state index in [-0.39, 0.29) is 30.5 Å². The van der Waals surface area contributed by atoms with Crippen LogP contribution in [0.25, 0.3) is 11.3 Å². The number of aromatic nitrogens is 4. The molecule has 2 heterocycles. The molecule has 4 rings (SSSR count). The summed E-state index contributed by atoms with van der Waals surface area (Å²) in [5.41, 5.74) is 1.56. The minimum absolute atomic E-state index is 0.0422. The molecule has 244 valence electrons. The van der Waals surface area contributed by atoms with Gasteiger partial charge < -0.3 is 19.5 Å². The van der Waals surface area contributed by atoms with Crippen molar-refractivity contribution in [1.82, 2.24) is 19.6 Å². The van der Waals surface area contributed by atoms with Crippen LogP contribution in [0.15, 0.2) is 77.7 Å². The molecule has 46 heavy (non-hydrogen) atoms. The van der Waals surface area contributed by atoms with Crippen molar-refractivity contribution in [2.75, 3.05) is 0 Å². The summed E-state index contributed by atoms with van der Waals surface area (Å²) in [6, 6.07) is 17.1. The molecule has 0 saturated carbocycles. The molecule has 12 nitrogen and oxygen atoms in total. The SMILES string of the molecule is CC(C)(C)OC(=O)Cn1ccc(-c2ccccc2C=O)n1.CC(C)(C)OC(=O)Cn1ccc(Br)n1.O=Cc1ccccc1B(O)O. The van der Waals surface area contributed by atoms with Gasteiger partial charge in [0.25, 0.3) is 0 Å². The van der Waals surface area contributed by atoms with Gasteiger partial charge in [-0.2, -0.15) is 10.2 Å². The number of aldehydes is 2. The molecular weight excluding hydrogens is 659 g/mol. The fraction of sp³-hybridized carbons (Fsp3) is 0.312. The van der Waals surface area contributed by atoms with E-state index >= 15 is 0 Å². The van der Waals surface area contributed by atoms with Crippen molar-refractivity contribution in [3.8, 4) is 11.3 Å². The quantitative estimate of drug-likeness (QED) is 0.157. The van der Waals surface area contributed by atoms with E-state index in [1.807, 2.05) is 53.7 Å². The monoisotopic (exact) mass is 696 g/mol. The lowest BCUT2D eigenvalue weighted by Gasteiger charge is -2.19. The van der Waals surface area contributed by atoms with E-state index in [2.05, 4.69) is 26.1 Å². The smallest absolute Gasteiger partial charge is 0.459 e. The average Bonchev–Trinajstić information content (AvgIpc) is 3.59. The Morgan fingerprint density at radius 2 is 1.24 bits per heavy atom. The fourth-order valence-corrected chi connectivity index (χ4v) is 4.04. The van der Waals surface area contributed by atoms with Crippen molar-refractivity contribution in [3.63, 3.8) is 0 Å². The van der Waals surface area contributed by atoms with Gasteiger partial charge in [-0.25, -0.2) is 0 Å². The van der Waals surface area contributed by atoms with Crippen molar-refractivity contribution < 1.29 is 38.7 Å². The number of ether oxygens (including phenoxy) is 2. The van der Waals surface area contributed by atoms with Gasteiger partial charge in [0.1, 0.15) is 35.2 Å². The highest BCUT2D eigenvalue weighted by Gasteiger charge is 2.18. The normalized spacial score (nSPS) is 10.8. The molecule has 0 bridgehead atoms. The molecule has 0 aliphatic carbocycles. The predicted molar refractivity (Wildman–Crippen MR) is 176 cm³/mol. The Hall–Kier alpha value is -4.40. The lowest BCUT2D eigenvalue weighted by molar-refractivity contribution is -0.156. The lowest BCUT2D eigenvalue weighted by Crippen LogP contribution is -2.32. The Morgan fingerprint density at radius 3 is 1.70 bits per heavy atom. The zero-order valence-electron chi connectivity index (χ0n) is 26.6. The molecule has 2 N–H and O–H groups in total. The summed E-state index contributed by atoms with van der Waals surface area (Å²) >= 11 is 3.20. The van der Waals surface area contributed by atoms with E-state index in [1.54, 1.807) is 48.8 Å². The Kier molecular flexibility index (Phi) is 14.2. The molecule has 0 amide bonds. The molecule has 0 aliphatic heterocycles. The maximum Gasteiger partial charge on any atom is 0.489 e. The van der Waals surface area contributed by atoms with Gasteiger partial charge in [-0.05, 0) is 75.1 Å². The van der Waals surface area contributed by atoms with Crippen molar-refractivity contribution in [2.45, 2.75) is 65.8 Å². The number of carbonyl (C=O) groups excluding carboxylic acids is 4. The van der Waals surface area contributed by atoms with Crippen LogP contribution in [0.5, 0.6) is 0 Å². The maximum absolute atomic E-state index is 11.8. The van der Waals surface area contributed by atoms with Crippen LogP contribution in [0.2, 0.25) is 0 Å². The summed E-state index contributed by atoms with van der Waals surface area (Å²) in [6.45, 7) is 11.2. The molecule has 0 unspecified atom stereocenters. The topological polar surface area (TPSA) is 163 Å². The third-order valence-corrected chi connectivity index (χ3v) is 5.86. The van der Waals surface area contributed by atoms with Gasteiger partial charge in [-0.15, -0.1) is 0 Å². The molecule has 0 spiro atoms. The summed E-state index contributed by atoms with van der Waals surface area (Å²) in [5, 5.41) is 25.8. The second-order valence-corrected chi connectivity index (χ2v) is 12.5. The Balaban J connectivity index is 0.000000256.